The van der Waals surface area contributed by atoms with E-state index < -0.39 is 78.3 Å². The molecule has 0 unspecified atom stereocenters. The largest absolute Gasteiger partial charge is 0.350 e. The molecule has 10 nitrogen and oxygen atoms in total. The Morgan fingerprint density at radius 2 is 1.55 bits per heavy atom. The van der Waals surface area contributed by atoms with E-state index in [1.807, 2.05) is 44.2 Å². The fourth-order valence-corrected chi connectivity index (χ4v) is 4.92. The third-order valence-electron chi connectivity index (χ3n) is 7.37. The molecule has 4 N–H and O–H groups in total. The number of benzene rings is 2. The van der Waals surface area contributed by atoms with Crippen LogP contribution in [-0.2, 0) is 36.8 Å². The molecule has 5 amide bonds. The lowest BCUT2D eigenvalue weighted by Crippen LogP contribution is -2.57. The van der Waals surface area contributed by atoms with E-state index in [0.717, 1.165) is 16.5 Å². The van der Waals surface area contributed by atoms with Crippen LogP contribution in [0.2, 0.25) is 0 Å². The lowest BCUT2D eigenvalue weighted by molar-refractivity contribution is -0.137. The van der Waals surface area contributed by atoms with Crippen LogP contribution in [0, 0.1) is 17.6 Å². The van der Waals surface area contributed by atoms with Crippen molar-refractivity contribution in [1.29, 1.82) is 0 Å². The summed E-state index contributed by atoms with van der Waals surface area (Å²) in [6.07, 6.45) is 0.272. The molecule has 1 heterocycles. The molecule has 1 aliphatic rings. The summed E-state index contributed by atoms with van der Waals surface area (Å²) in [5, 5.41) is 10.9. The molecule has 0 aromatic heterocycles. The first-order valence-electron chi connectivity index (χ1n) is 14.8. The van der Waals surface area contributed by atoms with E-state index in [-0.39, 0.29) is 30.9 Å². The van der Waals surface area contributed by atoms with Crippen LogP contribution < -0.4 is 21.3 Å². The van der Waals surface area contributed by atoms with E-state index in [1.54, 1.807) is 6.92 Å². The van der Waals surface area contributed by atoms with Gasteiger partial charge in [0.25, 0.3) is 0 Å². The van der Waals surface area contributed by atoms with Crippen molar-refractivity contribution in [1.82, 2.24) is 26.2 Å². The lowest BCUT2D eigenvalue weighted by atomic mass is 10.0. The average molecular weight is 614 g/mol. The molecule has 0 saturated carbocycles. The van der Waals surface area contributed by atoms with Crippen molar-refractivity contribution in [3.05, 3.63) is 71.3 Å². The van der Waals surface area contributed by atoms with Gasteiger partial charge < -0.3 is 26.2 Å². The average Bonchev–Trinajstić information content (AvgIpc) is 2.97. The second-order valence-electron chi connectivity index (χ2n) is 11.5. The normalized spacial score (nSPS) is 22.3. The summed E-state index contributed by atoms with van der Waals surface area (Å²) < 4.78 is 28.2. The molecule has 0 aliphatic carbocycles. The van der Waals surface area contributed by atoms with Gasteiger partial charge in [0.2, 0.25) is 29.5 Å². The summed E-state index contributed by atoms with van der Waals surface area (Å²) in [4.78, 5) is 67.7. The Balaban J connectivity index is 1.96. The highest BCUT2D eigenvalue weighted by Crippen LogP contribution is 2.14. The van der Waals surface area contributed by atoms with Crippen LogP contribution in [0.4, 0.5) is 8.78 Å². The number of halogens is 2. The van der Waals surface area contributed by atoms with Crippen molar-refractivity contribution in [2.45, 2.75) is 77.5 Å². The number of hydrogen-bond acceptors (Lipinski definition) is 5. The molecule has 0 radical (unpaired) electrons. The zero-order chi connectivity index (χ0) is 32.4. The van der Waals surface area contributed by atoms with Crippen LogP contribution >= 0.6 is 0 Å². The number of hydrogen-bond donors (Lipinski definition) is 4. The monoisotopic (exact) mass is 613 g/mol. The van der Waals surface area contributed by atoms with Gasteiger partial charge in [0.1, 0.15) is 18.1 Å². The predicted octanol–water partition coefficient (Wildman–Crippen LogP) is 2.01. The Bertz CT molecular complexity index is 1340. The number of amides is 5. The summed E-state index contributed by atoms with van der Waals surface area (Å²) in [7, 11) is 0. The van der Waals surface area contributed by atoms with Crippen LogP contribution in [0.3, 0.4) is 0 Å². The first-order chi connectivity index (χ1) is 20.9. The van der Waals surface area contributed by atoms with Crippen LogP contribution in [0.25, 0.3) is 0 Å². The molecular formula is C32H41F2N5O5. The fourth-order valence-electron chi connectivity index (χ4n) is 4.92. The Labute approximate surface area is 256 Å². The van der Waals surface area contributed by atoms with E-state index >= 15 is 0 Å². The molecule has 1 saturated heterocycles. The summed E-state index contributed by atoms with van der Waals surface area (Å²) in [5.41, 5.74) is 0.610. The van der Waals surface area contributed by atoms with Gasteiger partial charge in [0.15, 0.2) is 11.6 Å². The van der Waals surface area contributed by atoms with E-state index in [2.05, 4.69) is 21.3 Å². The van der Waals surface area contributed by atoms with E-state index in [9.17, 15) is 32.8 Å². The van der Waals surface area contributed by atoms with E-state index in [0.29, 0.717) is 6.42 Å². The van der Waals surface area contributed by atoms with Crippen LogP contribution in [-0.4, -0.2) is 71.7 Å². The Hall–Kier alpha value is -4.35. The molecule has 4 atom stereocenters. The molecule has 2 aromatic rings. The van der Waals surface area contributed by atoms with Crippen LogP contribution in [0.15, 0.2) is 48.5 Å². The van der Waals surface area contributed by atoms with Gasteiger partial charge in [-0.1, -0.05) is 63.2 Å². The summed E-state index contributed by atoms with van der Waals surface area (Å²) in [6, 6.07) is 8.90. The topological polar surface area (TPSA) is 137 Å². The minimum Gasteiger partial charge on any atom is -0.350 e. The zero-order valence-electron chi connectivity index (χ0n) is 25.5. The van der Waals surface area contributed by atoms with Gasteiger partial charge in [0, 0.05) is 24.6 Å². The number of rotatable bonds is 7. The molecule has 238 valence electrons. The lowest BCUT2D eigenvalue weighted by Gasteiger charge is -2.29. The Kier molecular flexibility index (Phi) is 12.4. The standard InChI is InChI=1S/C32H41F2N5O5/c1-5-23-17-39(28(41)16-22-12-9-13-24(33)29(22)34)18-27(40)35-20(4)30(42)37-25(14-19(2)3)32(44)38-26(31(43)36-23)15-21-10-7-6-8-11-21/h6-13,19-20,23,25-26H,5,14-18H2,1-4H3,(H,35,40)(H,36,43)(H,37,42)(H,38,44)/t20-,23+,25+,26+/m1/s1. The maximum absolute atomic E-state index is 14.4. The third kappa shape index (κ3) is 9.85. The van der Waals surface area contributed by atoms with Gasteiger partial charge in [-0.3, -0.25) is 24.0 Å². The second kappa shape index (κ2) is 15.9. The SMILES string of the molecule is CC[C@H]1CN(C(=O)Cc2cccc(F)c2F)CC(=O)N[C@H](C)C(=O)N[C@@H](CC(C)C)C(=O)N[C@@H](Cc2ccccc2)C(=O)N1. The van der Waals surface area contributed by atoms with Crippen molar-refractivity contribution < 1.29 is 32.8 Å². The first-order valence-corrected chi connectivity index (χ1v) is 14.8. The highest BCUT2D eigenvalue weighted by molar-refractivity contribution is 5.95. The smallest absolute Gasteiger partial charge is 0.243 e. The molecular weight excluding hydrogens is 572 g/mol. The zero-order valence-corrected chi connectivity index (χ0v) is 25.5. The van der Waals surface area contributed by atoms with Gasteiger partial charge in [-0.25, -0.2) is 8.78 Å². The summed E-state index contributed by atoms with van der Waals surface area (Å²) in [6.45, 7) is 6.38. The summed E-state index contributed by atoms with van der Waals surface area (Å²) in [5.74, 6) is -5.28. The Morgan fingerprint density at radius 1 is 0.886 bits per heavy atom. The predicted molar refractivity (Wildman–Crippen MR) is 160 cm³/mol. The minimum absolute atomic E-state index is 0.0198. The molecule has 3 rings (SSSR count). The van der Waals surface area contributed by atoms with Gasteiger partial charge >= 0.3 is 0 Å². The highest BCUT2D eigenvalue weighted by Gasteiger charge is 2.32. The van der Waals surface area contributed by atoms with Crippen molar-refractivity contribution in [3.8, 4) is 0 Å². The number of nitrogens with zero attached hydrogens (tertiary/aromatic N) is 1. The van der Waals surface area contributed by atoms with E-state index in [1.165, 1.54) is 19.1 Å². The van der Waals surface area contributed by atoms with Crippen LogP contribution in [0.1, 0.15) is 51.7 Å². The second-order valence-corrected chi connectivity index (χ2v) is 11.5. The number of carbonyl (C=O) groups excluding carboxylic acids is 5. The van der Waals surface area contributed by atoms with Gasteiger partial charge in [0.05, 0.1) is 13.0 Å². The van der Waals surface area contributed by atoms with Crippen molar-refractivity contribution in [2.24, 2.45) is 5.92 Å². The van der Waals surface area contributed by atoms with Crippen molar-refractivity contribution in [2.75, 3.05) is 13.1 Å². The molecule has 44 heavy (non-hydrogen) atoms. The van der Waals surface area contributed by atoms with Crippen molar-refractivity contribution in [3.63, 3.8) is 0 Å². The third-order valence-corrected chi connectivity index (χ3v) is 7.37. The quantitative estimate of drug-likeness (QED) is 0.379. The maximum Gasteiger partial charge on any atom is 0.243 e. The van der Waals surface area contributed by atoms with Gasteiger partial charge in [-0.05, 0) is 37.3 Å². The molecule has 1 fully saturated rings. The van der Waals surface area contributed by atoms with Gasteiger partial charge in [-0.2, -0.15) is 0 Å². The summed E-state index contributed by atoms with van der Waals surface area (Å²) >= 11 is 0. The molecule has 12 heteroatoms. The van der Waals surface area contributed by atoms with Crippen LogP contribution in [0.5, 0.6) is 0 Å². The Morgan fingerprint density at radius 3 is 2.20 bits per heavy atom. The van der Waals surface area contributed by atoms with Crippen molar-refractivity contribution >= 4 is 29.5 Å². The maximum atomic E-state index is 14.4. The minimum atomic E-state index is -1.16. The molecule has 1 aliphatic heterocycles. The number of carbonyl (C=O) groups is 5. The number of nitrogens with one attached hydrogen (secondary N) is 4. The van der Waals surface area contributed by atoms with Gasteiger partial charge in [-0.15, -0.1) is 0 Å². The fraction of sp³-hybridized carbons (Fsp3) is 0.469. The first kappa shape index (κ1) is 34.1. The molecule has 0 spiro atoms. The highest BCUT2D eigenvalue weighted by atomic mass is 19.2. The molecule has 0 bridgehead atoms. The molecule has 2 aromatic carbocycles. The van der Waals surface area contributed by atoms with E-state index in [4.69, 9.17) is 0 Å².